The van der Waals surface area contributed by atoms with Crippen LogP contribution in [0.4, 0.5) is 11.4 Å². The number of carbonyl (C=O) groups excluding carboxylic acids is 1. The molecule has 0 spiro atoms. The minimum absolute atomic E-state index is 0.0723. The lowest BCUT2D eigenvalue weighted by Crippen LogP contribution is -2.37. The van der Waals surface area contributed by atoms with Gasteiger partial charge in [-0.15, -0.1) is 0 Å². The van der Waals surface area contributed by atoms with Gasteiger partial charge in [0.05, 0.1) is 33.1 Å². The largest absolute Gasteiger partial charge is 0.324 e. The van der Waals surface area contributed by atoms with Crippen LogP contribution < -0.4 is 9.03 Å². The number of nitrogens with zero attached hydrogens (tertiary/aromatic N) is 2. The van der Waals surface area contributed by atoms with Crippen LogP contribution >= 0.6 is 0 Å². The van der Waals surface area contributed by atoms with Gasteiger partial charge >= 0.3 is 0 Å². The topological polar surface area (TPSA) is 114 Å². The molecule has 0 aliphatic heterocycles. The first-order valence-corrected chi connectivity index (χ1v) is 15.2. The lowest BCUT2D eigenvalue weighted by molar-refractivity contribution is -0.115. The van der Waals surface area contributed by atoms with Crippen molar-refractivity contribution in [2.75, 3.05) is 9.03 Å². The lowest BCUT2D eigenvalue weighted by Gasteiger charge is -2.27. The molecule has 0 atom stereocenters. The van der Waals surface area contributed by atoms with Crippen LogP contribution in [0, 0.1) is 6.92 Å². The Morgan fingerprint density at radius 2 is 1.27 bits per heavy atom. The first-order valence-electron chi connectivity index (χ1n) is 12.3. The fraction of sp³-hybridized carbons (Fsp3) is 0.0667. The Balaban J connectivity index is 1.71. The van der Waals surface area contributed by atoms with Crippen molar-refractivity contribution in [2.45, 2.75) is 23.1 Å². The van der Waals surface area contributed by atoms with E-state index in [0.29, 0.717) is 15.0 Å². The molecule has 0 aliphatic rings. The number of aryl methyl sites for hydroxylation is 1. The van der Waals surface area contributed by atoms with Gasteiger partial charge in [0.2, 0.25) is 5.91 Å². The minimum atomic E-state index is -4.62. The van der Waals surface area contributed by atoms with Crippen molar-refractivity contribution in [1.82, 2.24) is 4.98 Å². The van der Waals surface area contributed by atoms with Crippen molar-refractivity contribution in [3.05, 3.63) is 127 Å². The second-order valence-electron chi connectivity index (χ2n) is 9.03. The number of hydrogen-bond acceptors (Lipinski definition) is 6. The Kier molecular flexibility index (Phi) is 7.38. The third kappa shape index (κ3) is 5.18. The van der Waals surface area contributed by atoms with E-state index in [1.165, 1.54) is 54.7 Å². The van der Waals surface area contributed by atoms with E-state index in [9.17, 15) is 21.6 Å². The van der Waals surface area contributed by atoms with Gasteiger partial charge in [0, 0.05) is 11.6 Å². The summed E-state index contributed by atoms with van der Waals surface area (Å²) in [5.41, 5.74) is 1.65. The first-order chi connectivity index (χ1) is 19.2. The number of aromatic nitrogens is 1. The zero-order chi connectivity index (χ0) is 28.3. The molecule has 0 fully saturated rings. The van der Waals surface area contributed by atoms with Crippen molar-refractivity contribution >= 4 is 48.2 Å². The number of rotatable bonds is 8. The van der Waals surface area contributed by atoms with E-state index in [2.05, 4.69) is 10.3 Å². The van der Waals surface area contributed by atoms with Crippen LogP contribution in [0.15, 0.2) is 125 Å². The van der Waals surface area contributed by atoms with Crippen LogP contribution in [0.5, 0.6) is 0 Å². The van der Waals surface area contributed by atoms with Crippen molar-refractivity contribution in [2.24, 2.45) is 0 Å². The number of pyridine rings is 1. The van der Waals surface area contributed by atoms with Gasteiger partial charge in [0.25, 0.3) is 20.0 Å². The molecule has 202 valence electrons. The van der Waals surface area contributed by atoms with E-state index < -0.39 is 20.0 Å². The molecule has 0 bridgehead atoms. The monoisotopic (exact) mass is 571 g/mol. The Morgan fingerprint density at radius 1 is 0.750 bits per heavy atom. The lowest BCUT2D eigenvalue weighted by atomic mass is 10.1. The maximum absolute atomic E-state index is 14.1. The predicted molar refractivity (Wildman–Crippen MR) is 155 cm³/mol. The van der Waals surface area contributed by atoms with Gasteiger partial charge in [-0.3, -0.25) is 9.78 Å². The van der Waals surface area contributed by atoms with E-state index in [4.69, 9.17) is 0 Å². The van der Waals surface area contributed by atoms with Gasteiger partial charge in [-0.25, -0.2) is 16.8 Å². The molecular weight excluding hydrogens is 546 g/mol. The van der Waals surface area contributed by atoms with E-state index in [1.54, 1.807) is 37.3 Å². The SMILES string of the molecule is Cc1cc(NC(=O)Cc2ccccc2)c2ncccc2c1N(S(=O)(=O)c1ccccc1)S(=O)(=O)c1ccccc1. The van der Waals surface area contributed by atoms with E-state index in [0.717, 1.165) is 5.56 Å². The number of carbonyl (C=O) groups is 1. The van der Waals surface area contributed by atoms with E-state index >= 15 is 0 Å². The van der Waals surface area contributed by atoms with Gasteiger partial charge in [-0.2, -0.15) is 3.71 Å². The first kappa shape index (κ1) is 27.0. The summed E-state index contributed by atoms with van der Waals surface area (Å²) in [7, 11) is -9.24. The number of fused-ring (bicyclic) bond motifs is 1. The van der Waals surface area contributed by atoms with Gasteiger partial charge in [-0.1, -0.05) is 66.7 Å². The molecule has 10 heteroatoms. The molecule has 1 amide bonds. The van der Waals surface area contributed by atoms with Gasteiger partial charge in [0.15, 0.2) is 0 Å². The fourth-order valence-corrected chi connectivity index (χ4v) is 8.34. The van der Waals surface area contributed by atoms with E-state index in [-0.39, 0.29) is 38.7 Å². The van der Waals surface area contributed by atoms with Crippen LogP contribution in [-0.4, -0.2) is 27.7 Å². The zero-order valence-corrected chi connectivity index (χ0v) is 23.1. The smallest absolute Gasteiger partial charge is 0.277 e. The molecule has 0 saturated carbocycles. The van der Waals surface area contributed by atoms with Crippen LogP contribution in [0.1, 0.15) is 11.1 Å². The molecule has 1 heterocycles. The quantitative estimate of drug-likeness (QED) is 0.270. The Hall–Kier alpha value is -4.54. The van der Waals surface area contributed by atoms with E-state index in [1.807, 2.05) is 30.3 Å². The molecule has 0 radical (unpaired) electrons. The summed E-state index contributed by atoms with van der Waals surface area (Å²) in [6.07, 6.45) is 1.61. The van der Waals surface area contributed by atoms with Crippen LogP contribution in [0.2, 0.25) is 0 Å². The highest BCUT2D eigenvalue weighted by Gasteiger charge is 2.39. The molecule has 5 rings (SSSR count). The fourth-order valence-electron chi connectivity index (χ4n) is 4.44. The molecule has 0 aliphatic carbocycles. The summed E-state index contributed by atoms with van der Waals surface area (Å²) in [6.45, 7) is 1.60. The Bertz CT molecular complexity index is 1830. The number of nitrogens with one attached hydrogen (secondary N) is 1. The third-order valence-corrected chi connectivity index (χ3v) is 10.4. The number of anilines is 2. The molecule has 8 nitrogen and oxygen atoms in total. The average Bonchev–Trinajstić information content (AvgIpc) is 2.96. The molecule has 0 unspecified atom stereocenters. The van der Waals surface area contributed by atoms with Crippen molar-refractivity contribution in [3.8, 4) is 0 Å². The molecule has 1 N–H and O–H groups in total. The molecule has 40 heavy (non-hydrogen) atoms. The normalized spacial score (nSPS) is 11.7. The number of sulfonamides is 2. The molecule has 0 saturated heterocycles. The highest BCUT2D eigenvalue weighted by Crippen LogP contribution is 2.40. The van der Waals surface area contributed by atoms with Crippen LogP contribution in [0.25, 0.3) is 10.9 Å². The summed E-state index contributed by atoms with van der Waals surface area (Å²) >= 11 is 0. The summed E-state index contributed by atoms with van der Waals surface area (Å²) in [4.78, 5) is 16.9. The predicted octanol–water partition coefficient (Wildman–Crippen LogP) is 5.31. The second-order valence-corrected chi connectivity index (χ2v) is 12.8. The average molecular weight is 572 g/mol. The molecular formula is C30H25N3O5S2. The number of amides is 1. The molecule has 4 aromatic carbocycles. The molecule has 1 aromatic heterocycles. The van der Waals surface area contributed by atoms with Gasteiger partial charge in [-0.05, 0) is 60.5 Å². The van der Waals surface area contributed by atoms with Crippen molar-refractivity contribution in [3.63, 3.8) is 0 Å². The van der Waals surface area contributed by atoms with Crippen LogP contribution in [0.3, 0.4) is 0 Å². The zero-order valence-electron chi connectivity index (χ0n) is 21.4. The minimum Gasteiger partial charge on any atom is -0.324 e. The summed E-state index contributed by atoms with van der Waals surface area (Å²) < 4.78 is 56.8. The maximum atomic E-state index is 14.1. The number of benzene rings is 4. The number of hydrogen-bond donors (Lipinski definition) is 1. The van der Waals surface area contributed by atoms with Crippen LogP contribution in [-0.2, 0) is 31.3 Å². The Labute approximate surface area is 233 Å². The second kappa shape index (κ2) is 10.9. The summed E-state index contributed by atoms with van der Waals surface area (Å²) in [6, 6.07) is 28.7. The van der Waals surface area contributed by atoms with Crippen molar-refractivity contribution in [1.29, 1.82) is 0 Å². The van der Waals surface area contributed by atoms with Gasteiger partial charge < -0.3 is 5.32 Å². The van der Waals surface area contributed by atoms with Crippen molar-refractivity contribution < 1.29 is 21.6 Å². The summed E-state index contributed by atoms with van der Waals surface area (Å²) in [5.74, 6) is -0.295. The standard InChI is InChI=1S/C30H25N3O5S2/c1-22-20-27(32-28(34)21-23-12-5-2-6-13-23)29-26(18-11-19-31-29)30(22)33(39(35,36)24-14-7-3-8-15-24)40(37,38)25-16-9-4-10-17-25/h2-20H,21H2,1H3,(H,32,34). The van der Waals surface area contributed by atoms with Gasteiger partial charge in [0.1, 0.15) is 0 Å². The maximum Gasteiger partial charge on any atom is 0.277 e. The highest BCUT2D eigenvalue weighted by molar-refractivity contribution is 8.10. The summed E-state index contributed by atoms with van der Waals surface area (Å²) in [5, 5.41) is 3.11. The third-order valence-electron chi connectivity index (χ3n) is 6.24. The molecule has 5 aromatic rings. The highest BCUT2D eigenvalue weighted by atomic mass is 32.3. The Morgan fingerprint density at radius 3 is 1.82 bits per heavy atom.